The summed E-state index contributed by atoms with van der Waals surface area (Å²) in [4.78, 5) is 14.7. The number of carbonyl (C=O) groups is 1. The van der Waals surface area contributed by atoms with Crippen LogP contribution in [0.15, 0.2) is 40.7 Å². The predicted octanol–water partition coefficient (Wildman–Crippen LogP) is 1.58. The zero-order valence-corrected chi connectivity index (χ0v) is 12.3. The van der Waals surface area contributed by atoms with Crippen molar-refractivity contribution in [3.8, 4) is 0 Å². The second kappa shape index (κ2) is 6.12. The van der Waals surface area contributed by atoms with Gasteiger partial charge in [-0.05, 0) is 5.56 Å². The van der Waals surface area contributed by atoms with Crippen molar-refractivity contribution in [2.45, 2.75) is 17.7 Å². The van der Waals surface area contributed by atoms with Crippen molar-refractivity contribution in [3.05, 3.63) is 42.1 Å². The molecular weight excluding hydrogens is 298 g/mol. The van der Waals surface area contributed by atoms with E-state index >= 15 is 0 Å². The van der Waals surface area contributed by atoms with E-state index in [2.05, 4.69) is 15.0 Å². The molecule has 8 heteroatoms. The summed E-state index contributed by atoms with van der Waals surface area (Å²) >= 11 is 0.910. The summed E-state index contributed by atoms with van der Waals surface area (Å²) in [6.07, 6.45) is 1.23. The lowest BCUT2D eigenvalue weighted by atomic mass is 10.2. The first-order valence-corrected chi connectivity index (χ1v) is 8.04. The molecule has 20 heavy (non-hydrogen) atoms. The van der Waals surface area contributed by atoms with Crippen LogP contribution in [0.1, 0.15) is 12.5 Å². The first-order chi connectivity index (χ1) is 9.47. The molecule has 2 rings (SSSR count). The van der Waals surface area contributed by atoms with Crippen LogP contribution >= 0.6 is 11.3 Å². The Hall–Kier alpha value is -1.77. The smallest absolute Gasteiger partial charge is 0.252 e. The fraction of sp³-hybridized carbons (Fsp3) is 0.167. The molecule has 0 radical (unpaired) electrons. The zero-order valence-electron chi connectivity index (χ0n) is 10.7. The summed E-state index contributed by atoms with van der Waals surface area (Å²) in [6.45, 7) is 1.54. The molecule has 0 saturated carbocycles. The first kappa shape index (κ1) is 14.6. The Kier molecular flexibility index (Phi) is 4.48. The van der Waals surface area contributed by atoms with Gasteiger partial charge in [0.15, 0.2) is 9.34 Å². The van der Waals surface area contributed by atoms with Gasteiger partial charge in [0.1, 0.15) is 0 Å². The number of amides is 1. The number of sulfonamides is 1. The van der Waals surface area contributed by atoms with Crippen LogP contribution in [0, 0.1) is 0 Å². The molecule has 2 aromatic rings. The molecule has 1 aromatic carbocycles. The number of aromatic nitrogens is 1. The Balaban J connectivity index is 2.06. The fourth-order valence-electron chi connectivity index (χ4n) is 1.44. The number of rotatable bonds is 5. The molecule has 0 unspecified atom stereocenters. The van der Waals surface area contributed by atoms with E-state index in [0.29, 0.717) is 0 Å². The monoisotopic (exact) mass is 311 g/mol. The highest BCUT2D eigenvalue weighted by atomic mass is 32.2. The Morgan fingerprint density at radius 2 is 2.00 bits per heavy atom. The highest BCUT2D eigenvalue weighted by Crippen LogP contribution is 2.22. The van der Waals surface area contributed by atoms with Crippen molar-refractivity contribution in [2.24, 2.45) is 0 Å². The van der Waals surface area contributed by atoms with Crippen LogP contribution in [0.5, 0.6) is 0 Å². The van der Waals surface area contributed by atoms with Gasteiger partial charge in [-0.3, -0.25) is 4.79 Å². The zero-order chi connectivity index (χ0) is 14.6. The lowest BCUT2D eigenvalue weighted by Gasteiger charge is -2.04. The number of benzene rings is 1. The molecule has 106 valence electrons. The maximum absolute atomic E-state index is 12.1. The Labute approximate surface area is 120 Å². The summed E-state index contributed by atoms with van der Waals surface area (Å²) in [6, 6.07) is 9.20. The summed E-state index contributed by atoms with van der Waals surface area (Å²) in [5, 5.41) is 2.71. The third-order valence-corrected chi connectivity index (χ3v) is 5.12. The van der Waals surface area contributed by atoms with Crippen molar-refractivity contribution in [1.29, 1.82) is 0 Å². The quantitative estimate of drug-likeness (QED) is 0.877. The van der Waals surface area contributed by atoms with Gasteiger partial charge in [-0.15, -0.1) is 0 Å². The van der Waals surface area contributed by atoms with E-state index in [1.165, 1.54) is 13.1 Å². The number of anilines is 1. The van der Waals surface area contributed by atoms with Gasteiger partial charge in [0, 0.05) is 13.5 Å². The Morgan fingerprint density at radius 3 is 2.65 bits per heavy atom. The van der Waals surface area contributed by atoms with Crippen molar-refractivity contribution in [3.63, 3.8) is 0 Å². The molecule has 2 N–H and O–H groups in total. The van der Waals surface area contributed by atoms with Crippen LogP contribution in [0.25, 0.3) is 0 Å². The number of hydrogen-bond donors (Lipinski definition) is 2. The van der Waals surface area contributed by atoms with Crippen LogP contribution in [0.4, 0.5) is 5.13 Å². The second-order valence-electron chi connectivity index (χ2n) is 3.98. The van der Waals surface area contributed by atoms with Gasteiger partial charge in [0.2, 0.25) is 5.91 Å². The molecule has 0 fully saturated rings. The lowest BCUT2D eigenvalue weighted by molar-refractivity contribution is -0.114. The molecule has 1 amide bonds. The highest BCUT2D eigenvalue weighted by Gasteiger charge is 2.17. The van der Waals surface area contributed by atoms with Gasteiger partial charge >= 0.3 is 0 Å². The molecule has 0 saturated heterocycles. The van der Waals surface area contributed by atoms with E-state index in [4.69, 9.17) is 0 Å². The molecule has 6 nitrogen and oxygen atoms in total. The minimum Gasteiger partial charge on any atom is -0.302 e. The van der Waals surface area contributed by atoms with E-state index in [0.717, 1.165) is 16.9 Å². The van der Waals surface area contributed by atoms with Crippen LogP contribution in [0.2, 0.25) is 0 Å². The number of carbonyl (C=O) groups excluding carboxylic acids is 1. The van der Waals surface area contributed by atoms with Crippen LogP contribution in [-0.2, 0) is 21.4 Å². The van der Waals surface area contributed by atoms with Crippen LogP contribution in [-0.4, -0.2) is 19.3 Å². The van der Waals surface area contributed by atoms with Gasteiger partial charge in [0.05, 0.1) is 6.20 Å². The first-order valence-electron chi connectivity index (χ1n) is 5.74. The SMILES string of the molecule is CC(=O)Nc1ncc(S(=O)(=O)NCc2ccccc2)s1. The van der Waals surface area contributed by atoms with Gasteiger partial charge in [0.25, 0.3) is 10.0 Å². The van der Waals surface area contributed by atoms with Crippen molar-refractivity contribution in [1.82, 2.24) is 9.71 Å². The summed E-state index contributed by atoms with van der Waals surface area (Å²) in [5.41, 5.74) is 0.864. The Bertz CT molecular complexity index is 696. The average Bonchev–Trinajstić information content (AvgIpc) is 2.86. The highest BCUT2D eigenvalue weighted by molar-refractivity contribution is 7.91. The molecule has 0 aliphatic carbocycles. The van der Waals surface area contributed by atoms with Crippen molar-refractivity contribution >= 4 is 32.4 Å². The summed E-state index contributed by atoms with van der Waals surface area (Å²) < 4.78 is 26.7. The lowest BCUT2D eigenvalue weighted by Crippen LogP contribution is -2.22. The maximum Gasteiger partial charge on any atom is 0.252 e. The Morgan fingerprint density at radius 1 is 1.30 bits per heavy atom. The molecule has 0 aliphatic heterocycles. The molecular formula is C12H13N3O3S2. The molecule has 0 atom stereocenters. The maximum atomic E-state index is 12.1. The number of nitrogens with zero attached hydrogens (tertiary/aromatic N) is 1. The topological polar surface area (TPSA) is 88.2 Å². The second-order valence-corrected chi connectivity index (χ2v) is 7.00. The third kappa shape index (κ3) is 3.86. The number of thiazole rings is 1. The molecule has 0 aliphatic rings. The molecule has 0 bridgehead atoms. The minimum atomic E-state index is -3.62. The van der Waals surface area contributed by atoms with Gasteiger partial charge in [-0.1, -0.05) is 41.7 Å². The molecule has 1 heterocycles. The van der Waals surface area contributed by atoms with Crippen LogP contribution in [0.3, 0.4) is 0 Å². The van der Waals surface area contributed by atoms with E-state index in [9.17, 15) is 13.2 Å². The summed E-state index contributed by atoms with van der Waals surface area (Å²) in [5.74, 6) is -0.291. The van der Waals surface area contributed by atoms with E-state index in [1.54, 1.807) is 0 Å². The number of hydrogen-bond acceptors (Lipinski definition) is 5. The summed E-state index contributed by atoms with van der Waals surface area (Å²) in [7, 11) is -3.62. The van der Waals surface area contributed by atoms with Gasteiger partial charge in [-0.2, -0.15) is 0 Å². The van der Waals surface area contributed by atoms with E-state index in [1.807, 2.05) is 30.3 Å². The van der Waals surface area contributed by atoms with Gasteiger partial charge in [-0.25, -0.2) is 18.1 Å². The minimum absolute atomic E-state index is 0.0668. The fourth-order valence-corrected chi connectivity index (χ4v) is 3.58. The molecule has 1 aromatic heterocycles. The predicted molar refractivity (Wildman–Crippen MR) is 76.9 cm³/mol. The average molecular weight is 311 g/mol. The number of nitrogens with one attached hydrogen (secondary N) is 2. The molecule has 0 spiro atoms. The van der Waals surface area contributed by atoms with E-state index in [-0.39, 0.29) is 21.8 Å². The van der Waals surface area contributed by atoms with Crippen molar-refractivity contribution < 1.29 is 13.2 Å². The normalized spacial score (nSPS) is 11.2. The standard InChI is InChI=1S/C12H13N3O3S2/c1-9(16)15-12-13-8-11(19-12)20(17,18)14-7-10-5-3-2-4-6-10/h2-6,8,14H,7H2,1H3,(H,13,15,16). The third-order valence-electron chi connectivity index (χ3n) is 2.34. The van der Waals surface area contributed by atoms with Crippen LogP contribution < -0.4 is 10.0 Å². The van der Waals surface area contributed by atoms with E-state index < -0.39 is 10.0 Å². The van der Waals surface area contributed by atoms with Gasteiger partial charge < -0.3 is 5.32 Å². The largest absolute Gasteiger partial charge is 0.302 e. The van der Waals surface area contributed by atoms with Crippen molar-refractivity contribution in [2.75, 3.05) is 5.32 Å².